The summed E-state index contributed by atoms with van der Waals surface area (Å²) in [6.45, 7) is 0. The van der Waals surface area contributed by atoms with Crippen LogP contribution in [0.4, 0.5) is 8.39 Å². The third-order valence-corrected chi connectivity index (χ3v) is 5.05. The van der Waals surface area contributed by atoms with Gasteiger partial charge in [0.2, 0.25) is 0 Å². The average Bonchev–Trinajstić information content (AvgIpc) is 2.75. The Morgan fingerprint density at radius 1 is 0.579 bits per heavy atom. The van der Waals surface area contributed by atoms with Gasteiger partial charge in [-0.05, 0) is 0 Å². The molecule has 0 saturated carbocycles. The van der Waals surface area contributed by atoms with Crippen LogP contribution < -0.4 is 18.1 Å². The molecule has 2 aliphatic rings. The van der Waals surface area contributed by atoms with Gasteiger partial charge in [0, 0.05) is 0 Å². The molecule has 0 aliphatic carbocycles. The van der Waals surface area contributed by atoms with E-state index in [1.54, 1.807) is 24.3 Å². The van der Waals surface area contributed by atoms with Crippen molar-refractivity contribution in [1.29, 1.82) is 0 Å². The van der Waals surface area contributed by atoms with Gasteiger partial charge >= 0.3 is 105 Å². The fourth-order valence-corrected chi connectivity index (χ4v) is 4.48. The van der Waals surface area contributed by atoms with Crippen molar-refractivity contribution < 1.29 is 26.5 Å². The summed E-state index contributed by atoms with van der Waals surface area (Å²) >= 11 is 0. The monoisotopic (exact) mass is 285 g/mol. The van der Waals surface area contributed by atoms with E-state index in [-0.39, 0.29) is 23.0 Å². The van der Waals surface area contributed by atoms with Crippen LogP contribution in [-0.4, -0.2) is 0 Å². The van der Waals surface area contributed by atoms with Gasteiger partial charge in [0.1, 0.15) is 0 Å². The van der Waals surface area contributed by atoms with Crippen molar-refractivity contribution in [3.8, 4) is 23.0 Å². The molecule has 0 radical (unpaired) electrons. The first kappa shape index (κ1) is 10.8. The van der Waals surface area contributed by atoms with Crippen LogP contribution in [0.15, 0.2) is 48.5 Å². The Labute approximate surface area is 106 Å². The summed E-state index contributed by atoms with van der Waals surface area (Å²) < 4.78 is 49.1. The zero-order chi connectivity index (χ0) is 13.2. The molecule has 19 heavy (non-hydrogen) atoms. The quantitative estimate of drug-likeness (QED) is 0.670. The minimum absolute atomic E-state index is 0.101. The summed E-state index contributed by atoms with van der Waals surface area (Å²) in [5, 5.41) is 0. The second kappa shape index (κ2) is 2.60. The molecule has 0 amide bonds. The SMILES string of the molecule is F[P-]12(F)(Oc3ccccc3O1)Oc1ccccc1O2. The van der Waals surface area contributed by atoms with Crippen LogP contribution in [0.2, 0.25) is 0 Å². The number of benzene rings is 2. The molecule has 4 nitrogen and oxygen atoms in total. The predicted molar refractivity (Wildman–Crippen MR) is 64.5 cm³/mol. The van der Waals surface area contributed by atoms with Crippen LogP contribution in [0.5, 0.6) is 23.0 Å². The number of hydrogen-bond donors (Lipinski definition) is 0. The number of rotatable bonds is 0. The molecule has 7 heteroatoms. The first-order valence-corrected chi connectivity index (χ1v) is 7.68. The summed E-state index contributed by atoms with van der Waals surface area (Å²) in [5.41, 5.74) is 0. The van der Waals surface area contributed by atoms with Gasteiger partial charge in [-0.3, -0.25) is 0 Å². The van der Waals surface area contributed by atoms with Crippen LogP contribution in [0.25, 0.3) is 0 Å². The minimum atomic E-state index is -7.26. The normalized spacial score (nSPS) is 26.0. The Hall–Kier alpha value is -2.07. The maximum absolute atomic E-state index is 15.1. The van der Waals surface area contributed by atoms with E-state index in [4.69, 9.17) is 18.1 Å². The summed E-state index contributed by atoms with van der Waals surface area (Å²) in [6, 6.07) is 11.7. The van der Waals surface area contributed by atoms with Gasteiger partial charge in [0.15, 0.2) is 0 Å². The van der Waals surface area contributed by atoms with Gasteiger partial charge in [0.25, 0.3) is 0 Å². The zero-order valence-corrected chi connectivity index (χ0v) is 10.3. The van der Waals surface area contributed by atoms with Gasteiger partial charge in [-0.2, -0.15) is 0 Å². The third kappa shape index (κ3) is 1.35. The van der Waals surface area contributed by atoms with E-state index in [0.717, 1.165) is 0 Å². The Bertz CT molecular complexity index is 608. The topological polar surface area (TPSA) is 36.9 Å². The van der Waals surface area contributed by atoms with E-state index in [1.807, 2.05) is 0 Å². The Morgan fingerprint density at radius 3 is 1.11 bits per heavy atom. The summed E-state index contributed by atoms with van der Waals surface area (Å²) in [4.78, 5) is 0. The molecule has 0 N–H and O–H groups in total. The van der Waals surface area contributed by atoms with E-state index < -0.39 is 7.47 Å². The second-order valence-corrected chi connectivity index (χ2v) is 7.18. The van der Waals surface area contributed by atoms with Crippen molar-refractivity contribution in [1.82, 2.24) is 0 Å². The van der Waals surface area contributed by atoms with Gasteiger partial charge in [-0.25, -0.2) is 0 Å². The van der Waals surface area contributed by atoms with Gasteiger partial charge in [-0.1, -0.05) is 0 Å². The van der Waals surface area contributed by atoms with E-state index in [1.165, 1.54) is 24.3 Å². The van der Waals surface area contributed by atoms with Crippen LogP contribution in [0, 0.1) is 0 Å². The van der Waals surface area contributed by atoms with Crippen molar-refractivity contribution in [3.05, 3.63) is 48.5 Å². The second-order valence-electron chi connectivity index (χ2n) is 4.32. The predicted octanol–water partition coefficient (Wildman–Crippen LogP) is 4.45. The zero-order valence-electron chi connectivity index (χ0n) is 9.45. The first-order valence-electron chi connectivity index (χ1n) is 5.54. The van der Waals surface area contributed by atoms with Crippen molar-refractivity contribution >= 4 is 7.47 Å². The average molecular weight is 285 g/mol. The molecule has 2 aromatic carbocycles. The van der Waals surface area contributed by atoms with E-state index in [0.29, 0.717) is 0 Å². The van der Waals surface area contributed by atoms with Crippen molar-refractivity contribution in [2.45, 2.75) is 0 Å². The Kier molecular flexibility index (Phi) is 1.48. The van der Waals surface area contributed by atoms with E-state index in [2.05, 4.69) is 0 Å². The molecule has 0 atom stereocenters. The van der Waals surface area contributed by atoms with Crippen molar-refractivity contribution in [2.75, 3.05) is 0 Å². The molecule has 4 rings (SSSR count). The molecular formula is C12H8F2O4P-. The first-order chi connectivity index (χ1) is 8.90. The molecule has 0 saturated heterocycles. The van der Waals surface area contributed by atoms with Gasteiger partial charge in [-0.15, -0.1) is 0 Å². The van der Waals surface area contributed by atoms with Crippen LogP contribution >= 0.6 is 7.47 Å². The van der Waals surface area contributed by atoms with E-state index >= 15 is 8.39 Å². The van der Waals surface area contributed by atoms with E-state index in [9.17, 15) is 0 Å². The molecular weight excluding hydrogens is 277 g/mol. The number of para-hydroxylation sites is 4. The Morgan fingerprint density at radius 2 is 0.842 bits per heavy atom. The molecule has 0 unspecified atom stereocenters. The molecule has 2 aromatic rings. The summed E-state index contributed by atoms with van der Waals surface area (Å²) in [6.07, 6.45) is 0. The van der Waals surface area contributed by atoms with Crippen molar-refractivity contribution in [2.24, 2.45) is 0 Å². The van der Waals surface area contributed by atoms with Crippen LogP contribution in [0.3, 0.4) is 0 Å². The fraction of sp³-hybridized carbons (Fsp3) is 0. The molecule has 1 spiro atoms. The number of hydrogen-bond acceptors (Lipinski definition) is 4. The Balaban J connectivity index is 1.89. The maximum atomic E-state index is 15.1. The molecule has 0 fully saturated rings. The molecule has 2 aliphatic heterocycles. The summed E-state index contributed by atoms with van der Waals surface area (Å²) in [5.74, 6) is -0.404. The van der Waals surface area contributed by atoms with Crippen LogP contribution in [0.1, 0.15) is 0 Å². The fourth-order valence-electron chi connectivity index (χ4n) is 2.09. The van der Waals surface area contributed by atoms with Crippen LogP contribution in [-0.2, 0) is 0 Å². The number of fused-ring (bicyclic) bond motifs is 2. The summed E-state index contributed by atoms with van der Waals surface area (Å²) in [7, 11) is -7.26. The molecule has 2 heterocycles. The third-order valence-electron chi connectivity index (χ3n) is 2.81. The standard InChI is InChI=1S/C12H8F2O4P/c13-19(14,15-9-5-1-2-6-10(9)16-19)17-11-7-3-4-8-12(11)18-19/h1-8H/q-1. The van der Waals surface area contributed by atoms with Gasteiger partial charge < -0.3 is 0 Å². The van der Waals surface area contributed by atoms with Crippen molar-refractivity contribution in [3.63, 3.8) is 0 Å². The van der Waals surface area contributed by atoms with Gasteiger partial charge in [0.05, 0.1) is 0 Å². The molecule has 100 valence electrons. The molecule has 0 bridgehead atoms. The number of halogens is 2. The molecule has 0 aromatic heterocycles.